The minimum atomic E-state index is -0.227. The molecule has 5 heteroatoms. The molecule has 0 radical (unpaired) electrons. The topological polar surface area (TPSA) is 59.0 Å². The quantitative estimate of drug-likeness (QED) is 0.946. The lowest BCUT2D eigenvalue weighted by Crippen LogP contribution is -2.26. The van der Waals surface area contributed by atoms with E-state index in [2.05, 4.69) is 0 Å². The number of carbonyl (C=O) groups is 1. The van der Waals surface area contributed by atoms with E-state index in [1.54, 1.807) is 30.1 Å². The molecule has 2 aromatic rings. The normalized spacial score (nSPS) is 12.3. The molecule has 0 atom stereocenters. The summed E-state index contributed by atoms with van der Waals surface area (Å²) in [7, 11) is 1.70. The summed E-state index contributed by atoms with van der Waals surface area (Å²) in [6, 6.07) is 10.6. The molecule has 0 saturated carbocycles. The summed E-state index contributed by atoms with van der Waals surface area (Å²) in [4.78, 5) is 14.0. The van der Waals surface area contributed by atoms with Gasteiger partial charge in [-0.1, -0.05) is 12.1 Å². The fourth-order valence-corrected chi connectivity index (χ4v) is 2.41. The summed E-state index contributed by atoms with van der Waals surface area (Å²) in [5, 5.41) is 9.92. The van der Waals surface area contributed by atoms with Crippen LogP contribution in [-0.4, -0.2) is 29.8 Å². The van der Waals surface area contributed by atoms with E-state index in [0.717, 1.165) is 11.1 Å². The lowest BCUT2D eigenvalue weighted by atomic mass is 10.1. The molecule has 0 aromatic heterocycles. The molecule has 1 heterocycles. The number of amides is 1. The number of fused-ring (bicyclic) bond motifs is 1. The molecule has 22 heavy (non-hydrogen) atoms. The summed E-state index contributed by atoms with van der Waals surface area (Å²) >= 11 is 0. The predicted octanol–water partition coefficient (Wildman–Crippen LogP) is 2.70. The first-order valence-electron chi connectivity index (χ1n) is 6.98. The number of aromatic hydroxyl groups is 1. The maximum atomic E-state index is 12.4. The van der Waals surface area contributed by atoms with Gasteiger partial charge in [0.25, 0.3) is 5.91 Å². The zero-order valence-electron chi connectivity index (χ0n) is 12.5. The Bertz CT molecular complexity index is 727. The Balaban J connectivity index is 1.76. The molecule has 0 aliphatic carbocycles. The Morgan fingerprint density at radius 1 is 1.18 bits per heavy atom. The first-order valence-corrected chi connectivity index (χ1v) is 6.98. The van der Waals surface area contributed by atoms with Crippen LogP contribution < -0.4 is 9.47 Å². The van der Waals surface area contributed by atoms with E-state index in [9.17, 15) is 9.90 Å². The van der Waals surface area contributed by atoms with Crippen molar-refractivity contribution < 1.29 is 19.4 Å². The lowest BCUT2D eigenvalue weighted by molar-refractivity contribution is 0.0782. The largest absolute Gasteiger partial charge is 0.507 e. The van der Waals surface area contributed by atoms with Crippen molar-refractivity contribution in [3.8, 4) is 17.2 Å². The summed E-state index contributed by atoms with van der Waals surface area (Å²) in [5.74, 6) is 1.18. The lowest BCUT2D eigenvalue weighted by Gasteiger charge is -2.18. The van der Waals surface area contributed by atoms with E-state index < -0.39 is 0 Å². The zero-order chi connectivity index (χ0) is 15.7. The van der Waals surface area contributed by atoms with Crippen molar-refractivity contribution in [3.63, 3.8) is 0 Å². The van der Waals surface area contributed by atoms with Gasteiger partial charge in [0, 0.05) is 13.6 Å². The molecule has 0 bridgehead atoms. The Kier molecular flexibility index (Phi) is 3.63. The second-order valence-electron chi connectivity index (χ2n) is 5.37. The van der Waals surface area contributed by atoms with E-state index in [1.807, 2.05) is 25.1 Å². The molecule has 3 rings (SSSR count). The van der Waals surface area contributed by atoms with Crippen molar-refractivity contribution >= 4 is 5.91 Å². The molecule has 1 aliphatic heterocycles. The molecule has 114 valence electrons. The third-order valence-electron chi connectivity index (χ3n) is 3.59. The monoisotopic (exact) mass is 299 g/mol. The van der Waals surface area contributed by atoms with Crippen molar-refractivity contribution in [1.82, 2.24) is 4.90 Å². The third-order valence-corrected chi connectivity index (χ3v) is 3.59. The number of phenolic OH excluding ortho intramolecular Hbond substituents is 1. The molecule has 1 amide bonds. The number of phenols is 1. The molecular weight excluding hydrogens is 282 g/mol. The molecule has 5 nitrogen and oxygen atoms in total. The van der Waals surface area contributed by atoms with Crippen LogP contribution in [0.2, 0.25) is 0 Å². The highest BCUT2D eigenvalue weighted by Gasteiger charge is 2.18. The number of nitrogens with zero attached hydrogens (tertiary/aromatic N) is 1. The molecule has 1 N–H and O–H groups in total. The molecule has 0 fully saturated rings. The molecule has 0 saturated heterocycles. The highest BCUT2D eigenvalue weighted by atomic mass is 16.7. The smallest absolute Gasteiger partial charge is 0.257 e. The average Bonchev–Trinajstić information content (AvgIpc) is 2.94. The second-order valence-corrected chi connectivity index (χ2v) is 5.37. The van der Waals surface area contributed by atoms with Crippen LogP contribution in [0.25, 0.3) is 0 Å². The Morgan fingerprint density at radius 2 is 1.95 bits per heavy atom. The Hall–Kier alpha value is -2.69. The van der Waals surface area contributed by atoms with Gasteiger partial charge in [-0.25, -0.2) is 0 Å². The number of rotatable bonds is 3. The van der Waals surface area contributed by atoms with Gasteiger partial charge in [-0.15, -0.1) is 0 Å². The van der Waals surface area contributed by atoms with Crippen LogP contribution in [-0.2, 0) is 6.54 Å². The minimum Gasteiger partial charge on any atom is -0.507 e. The van der Waals surface area contributed by atoms with Crippen LogP contribution in [0.4, 0.5) is 0 Å². The first kappa shape index (κ1) is 14.3. The number of ether oxygens (including phenoxy) is 2. The van der Waals surface area contributed by atoms with Crippen molar-refractivity contribution in [3.05, 3.63) is 53.1 Å². The van der Waals surface area contributed by atoms with Crippen LogP contribution in [0.5, 0.6) is 17.2 Å². The molecular formula is C17H17NO4. The molecule has 0 spiro atoms. The van der Waals surface area contributed by atoms with E-state index in [4.69, 9.17) is 9.47 Å². The van der Waals surface area contributed by atoms with Gasteiger partial charge in [-0.05, 0) is 42.3 Å². The average molecular weight is 299 g/mol. The zero-order valence-corrected chi connectivity index (χ0v) is 12.5. The molecule has 2 aromatic carbocycles. The highest BCUT2D eigenvalue weighted by Crippen LogP contribution is 2.33. The van der Waals surface area contributed by atoms with Gasteiger partial charge in [0.2, 0.25) is 6.79 Å². The van der Waals surface area contributed by atoms with Gasteiger partial charge in [-0.3, -0.25) is 4.79 Å². The van der Waals surface area contributed by atoms with Gasteiger partial charge in [-0.2, -0.15) is 0 Å². The predicted molar refractivity (Wildman–Crippen MR) is 81.2 cm³/mol. The number of benzene rings is 2. The van der Waals surface area contributed by atoms with Crippen LogP contribution in [0.1, 0.15) is 21.5 Å². The second kappa shape index (κ2) is 5.60. The van der Waals surface area contributed by atoms with Gasteiger partial charge in [0.1, 0.15) is 5.75 Å². The van der Waals surface area contributed by atoms with Crippen molar-refractivity contribution in [2.24, 2.45) is 0 Å². The standard InChI is InChI=1S/C17H17NO4/c1-11-3-5-13(14(19)7-11)17(20)18(2)9-12-4-6-15-16(8-12)22-10-21-15/h3-8,19H,9-10H2,1-2H3. The van der Waals surface area contributed by atoms with Gasteiger partial charge in [0.15, 0.2) is 11.5 Å². The van der Waals surface area contributed by atoms with Gasteiger partial charge >= 0.3 is 0 Å². The van der Waals surface area contributed by atoms with E-state index >= 15 is 0 Å². The Morgan fingerprint density at radius 3 is 2.73 bits per heavy atom. The maximum absolute atomic E-state index is 12.4. The van der Waals surface area contributed by atoms with E-state index in [0.29, 0.717) is 23.6 Å². The van der Waals surface area contributed by atoms with Gasteiger partial charge < -0.3 is 19.5 Å². The number of carbonyl (C=O) groups excluding carboxylic acids is 1. The summed E-state index contributed by atoms with van der Waals surface area (Å²) < 4.78 is 10.6. The maximum Gasteiger partial charge on any atom is 0.257 e. The van der Waals surface area contributed by atoms with Crippen molar-refractivity contribution in [2.75, 3.05) is 13.8 Å². The summed E-state index contributed by atoms with van der Waals surface area (Å²) in [6.07, 6.45) is 0. The summed E-state index contributed by atoms with van der Waals surface area (Å²) in [5.41, 5.74) is 2.15. The highest BCUT2D eigenvalue weighted by molar-refractivity contribution is 5.96. The third kappa shape index (κ3) is 2.70. The Labute approximate surface area is 128 Å². The van der Waals surface area contributed by atoms with Crippen LogP contribution in [0.3, 0.4) is 0 Å². The van der Waals surface area contributed by atoms with Crippen molar-refractivity contribution in [2.45, 2.75) is 13.5 Å². The number of hydrogen-bond acceptors (Lipinski definition) is 4. The van der Waals surface area contributed by atoms with Crippen LogP contribution in [0.15, 0.2) is 36.4 Å². The first-order chi connectivity index (χ1) is 10.5. The summed E-state index contributed by atoms with van der Waals surface area (Å²) in [6.45, 7) is 2.51. The SMILES string of the molecule is Cc1ccc(C(=O)N(C)Cc2ccc3c(c2)OCO3)c(O)c1. The number of aryl methyl sites for hydroxylation is 1. The van der Waals surface area contributed by atoms with E-state index in [-0.39, 0.29) is 18.4 Å². The molecule has 1 aliphatic rings. The molecule has 0 unspecified atom stereocenters. The van der Waals surface area contributed by atoms with E-state index in [1.165, 1.54) is 0 Å². The van der Waals surface area contributed by atoms with Crippen LogP contribution in [0, 0.1) is 6.92 Å². The number of hydrogen-bond donors (Lipinski definition) is 1. The van der Waals surface area contributed by atoms with Gasteiger partial charge in [0.05, 0.1) is 5.56 Å². The fraction of sp³-hybridized carbons (Fsp3) is 0.235. The minimum absolute atomic E-state index is 0.00235. The van der Waals surface area contributed by atoms with Crippen LogP contribution >= 0.6 is 0 Å². The fourth-order valence-electron chi connectivity index (χ4n) is 2.41. The van der Waals surface area contributed by atoms with Crippen molar-refractivity contribution in [1.29, 1.82) is 0 Å².